The maximum absolute atomic E-state index is 12.3. The molecule has 3 rings (SSSR count). The van der Waals surface area contributed by atoms with Gasteiger partial charge in [-0.1, -0.05) is 0 Å². The third kappa shape index (κ3) is 1.90. The summed E-state index contributed by atoms with van der Waals surface area (Å²) in [6.07, 6.45) is 2.92. The lowest BCUT2D eigenvalue weighted by Gasteiger charge is -2.19. The Morgan fingerprint density at radius 2 is 2.32 bits per heavy atom. The van der Waals surface area contributed by atoms with Crippen LogP contribution in [0.25, 0.3) is 4.96 Å². The van der Waals surface area contributed by atoms with E-state index in [0.717, 1.165) is 17.1 Å². The van der Waals surface area contributed by atoms with Crippen LogP contribution < -0.4 is 0 Å². The normalized spacial score (nSPS) is 19.2. The van der Waals surface area contributed by atoms with Gasteiger partial charge in [0, 0.05) is 23.8 Å². The van der Waals surface area contributed by atoms with E-state index in [1.807, 2.05) is 16.7 Å². The summed E-state index contributed by atoms with van der Waals surface area (Å²) in [5, 5.41) is 11.1. The van der Waals surface area contributed by atoms with Crippen molar-refractivity contribution in [3.8, 4) is 0 Å². The molecule has 3 heterocycles. The molecule has 6 nitrogen and oxygen atoms in total. The number of carboxylic acid groups (broad SMARTS) is 1. The highest BCUT2D eigenvalue weighted by Crippen LogP contribution is 2.22. The molecule has 0 aromatic carbocycles. The maximum Gasteiger partial charge on any atom is 0.326 e. The highest BCUT2D eigenvalue weighted by molar-refractivity contribution is 7.15. The van der Waals surface area contributed by atoms with Gasteiger partial charge >= 0.3 is 5.97 Å². The van der Waals surface area contributed by atoms with Gasteiger partial charge in [0.05, 0.1) is 0 Å². The number of aliphatic carboxylic acids is 1. The van der Waals surface area contributed by atoms with E-state index < -0.39 is 12.0 Å². The predicted octanol–water partition coefficient (Wildman–Crippen LogP) is 1.39. The second-order valence-electron chi connectivity index (χ2n) is 4.65. The molecule has 1 aliphatic rings. The first-order valence-corrected chi connectivity index (χ1v) is 6.93. The average molecular weight is 279 g/mol. The molecule has 0 aliphatic carbocycles. The third-order valence-electron chi connectivity index (χ3n) is 3.41. The van der Waals surface area contributed by atoms with E-state index in [1.54, 1.807) is 6.20 Å². The fourth-order valence-electron chi connectivity index (χ4n) is 2.41. The van der Waals surface area contributed by atoms with Crippen LogP contribution in [-0.4, -0.2) is 43.9 Å². The van der Waals surface area contributed by atoms with Crippen LogP contribution in [-0.2, 0) is 4.79 Å². The molecule has 7 heteroatoms. The Morgan fingerprint density at radius 3 is 3.00 bits per heavy atom. The monoisotopic (exact) mass is 279 g/mol. The first kappa shape index (κ1) is 12.2. The van der Waals surface area contributed by atoms with Crippen molar-refractivity contribution in [3.05, 3.63) is 23.0 Å². The molecular formula is C12H13N3O3S. The minimum atomic E-state index is -0.942. The first-order chi connectivity index (χ1) is 9.08. The summed E-state index contributed by atoms with van der Waals surface area (Å²) in [6.45, 7) is 2.43. The Hall–Kier alpha value is -1.89. The lowest BCUT2D eigenvalue weighted by molar-refractivity contribution is -0.141. The van der Waals surface area contributed by atoms with Crippen molar-refractivity contribution in [1.82, 2.24) is 14.3 Å². The Balaban J connectivity index is 1.92. The second kappa shape index (κ2) is 4.34. The van der Waals surface area contributed by atoms with E-state index in [0.29, 0.717) is 18.7 Å². The number of aryl methyl sites for hydroxylation is 1. The minimum absolute atomic E-state index is 0.291. The van der Waals surface area contributed by atoms with Crippen LogP contribution in [0.4, 0.5) is 0 Å². The van der Waals surface area contributed by atoms with Gasteiger partial charge in [-0.2, -0.15) is 0 Å². The number of likely N-dealkylation sites (tertiary alicyclic amines) is 1. The number of carboxylic acids is 1. The molecule has 1 aliphatic heterocycles. The van der Waals surface area contributed by atoms with Crippen LogP contribution in [0.1, 0.15) is 29.0 Å². The van der Waals surface area contributed by atoms with E-state index in [9.17, 15) is 9.59 Å². The molecule has 19 heavy (non-hydrogen) atoms. The van der Waals surface area contributed by atoms with Crippen molar-refractivity contribution >= 4 is 28.2 Å². The van der Waals surface area contributed by atoms with Gasteiger partial charge in [0.2, 0.25) is 0 Å². The van der Waals surface area contributed by atoms with Crippen molar-refractivity contribution in [2.75, 3.05) is 6.54 Å². The molecule has 0 bridgehead atoms. The van der Waals surface area contributed by atoms with Gasteiger partial charge in [-0.15, -0.1) is 11.3 Å². The summed E-state index contributed by atoms with van der Waals surface area (Å²) in [5.41, 5.74) is 1.34. The molecule has 1 N–H and O–H groups in total. The van der Waals surface area contributed by atoms with Crippen LogP contribution in [0.15, 0.2) is 11.6 Å². The molecule has 0 spiro atoms. The minimum Gasteiger partial charge on any atom is -0.480 e. The highest BCUT2D eigenvalue weighted by Gasteiger charge is 2.35. The molecule has 2 aromatic rings. The number of hydrogen-bond acceptors (Lipinski definition) is 4. The quantitative estimate of drug-likeness (QED) is 0.901. The number of carbonyl (C=O) groups is 2. The van der Waals surface area contributed by atoms with Crippen molar-refractivity contribution in [2.45, 2.75) is 25.8 Å². The topological polar surface area (TPSA) is 74.9 Å². The van der Waals surface area contributed by atoms with Crippen molar-refractivity contribution in [3.63, 3.8) is 0 Å². The number of fused-ring (bicyclic) bond motifs is 1. The Kier molecular flexibility index (Phi) is 2.78. The smallest absolute Gasteiger partial charge is 0.326 e. The first-order valence-electron chi connectivity index (χ1n) is 6.05. The third-order valence-corrected chi connectivity index (χ3v) is 4.36. The highest BCUT2D eigenvalue weighted by atomic mass is 32.1. The van der Waals surface area contributed by atoms with Crippen molar-refractivity contribution < 1.29 is 14.7 Å². The van der Waals surface area contributed by atoms with Crippen LogP contribution in [0, 0.1) is 6.92 Å². The van der Waals surface area contributed by atoms with Gasteiger partial charge in [-0.25, -0.2) is 9.78 Å². The molecule has 1 amide bonds. The van der Waals surface area contributed by atoms with Crippen molar-refractivity contribution in [2.24, 2.45) is 0 Å². The molecule has 1 atom stereocenters. The molecule has 0 radical (unpaired) electrons. The van der Waals surface area contributed by atoms with Gasteiger partial charge in [0.1, 0.15) is 11.7 Å². The zero-order chi connectivity index (χ0) is 13.6. The average Bonchev–Trinajstić information content (AvgIpc) is 3.05. The molecule has 1 saturated heterocycles. The van der Waals surface area contributed by atoms with Gasteiger partial charge in [0.15, 0.2) is 4.96 Å². The number of carbonyl (C=O) groups excluding carboxylic acids is 1. The standard InChI is InChI=1S/C12H13N3O3S/c1-7-6-19-12-13-8(5-15(7)12)10(16)14-4-2-3-9(14)11(17)18/h5-6,9H,2-4H2,1H3,(H,17,18). The second-order valence-corrected chi connectivity index (χ2v) is 5.49. The van der Waals surface area contributed by atoms with Gasteiger partial charge in [-0.3, -0.25) is 9.20 Å². The van der Waals surface area contributed by atoms with Crippen LogP contribution in [0.3, 0.4) is 0 Å². The summed E-state index contributed by atoms with van der Waals surface area (Å²) in [7, 11) is 0. The zero-order valence-corrected chi connectivity index (χ0v) is 11.2. The zero-order valence-electron chi connectivity index (χ0n) is 10.4. The van der Waals surface area contributed by atoms with Gasteiger partial charge < -0.3 is 10.0 Å². The number of imidazole rings is 1. The number of thiazole rings is 1. The summed E-state index contributed by atoms with van der Waals surface area (Å²) in [6, 6.07) is -0.715. The summed E-state index contributed by atoms with van der Waals surface area (Å²) in [4.78, 5) is 29.9. The Labute approximate surface area is 113 Å². The lowest BCUT2D eigenvalue weighted by atomic mass is 10.2. The number of hydrogen-bond donors (Lipinski definition) is 1. The fourth-order valence-corrected chi connectivity index (χ4v) is 3.26. The number of rotatable bonds is 2. The largest absolute Gasteiger partial charge is 0.480 e. The molecule has 1 unspecified atom stereocenters. The van der Waals surface area contributed by atoms with E-state index in [-0.39, 0.29) is 5.91 Å². The van der Waals surface area contributed by atoms with E-state index in [1.165, 1.54) is 16.2 Å². The Bertz CT molecular complexity index is 660. The van der Waals surface area contributed by atoms with E-state index >= 15 is 0 Å². The molecule has 1 fully saturated rings. The summed E-state index contributed by atoms with van der Waals surface area (Å²) in [5.74, 6) is -1.23. The number of amides is 1. The van der Waals surface area contributed by atoms with Crippen LogP contribution >= 0.6 is 11.3 Å². The lowest BCUT2D eigenvalue weighted by Crippen LogP contribution is -2.40. The summed E-state index contributed by atoms with van der Waals surface area (Å²) < 4.78 is 1.85. The maximum atomic E-state index is 12.3. The Morgan fingerprint density at radius 1 is 1.53 bits per heavy atom. The molecule has 0 saturated carbocycles. The van der Waals surface area contributed by atoms with Gasteiger partial charge in [-0.05, 0) is 19.8 Å². The summed E-state index contributed by atoms with van der Waals surface area (Å²) >= 11 is 1.47. The molecule has 100 valence electrons. The van der Waals surface area contributed by atoms with Crippen LogP contribution in [0.5, 0.6) is 0 Å². The molecular weight excluding hydrogens is 266 g/mol. The van der Waals surface area contributed by atoms with E-state index in [4.69, 9.17) is 5.11 Å². The van der Waals surface area contributed by atoms with E-state index in [2.05, 4.69) is 4.98 Å². The number of aromatic nitrogens is 2. The molecule has 2 aromatic heterocycles. The predicted molar refractivity (Wildman–Crippen MR) is 69.5 cm³/mol. The van der Waals surface area contributed by atoms with Gasteiger partial charge in [0.25, 0.3) is 5.91 Å². The van der Waals surface area contributed by atoms with Crippen LogP contribution in [0.2, 0.25) is 0 Å². The fraction of sp³-hybridized carbons (Fsp3) is 0.417. The van der Waals surface area contributed by atoms with Crippen molar-refractivity contribution in [1.29, 1.82) is 0 Å². The number of nitrogens with zero attached hydrogens (tertiary/aromatic N) is 3. The SMILES string of the molecule is Cc1csc2nc(C(=O)N3CCCC3C(=O)O)cn12.